The lowest BCUT2D eigenvalue weighted by Gasteiger charge is -2.28. The predicted octanol–water partition coefficient (Wildman–Crippen LogP) is 5.58. The fourth-order valence-corrected chi connectivity index (χ4v) is 3.65. The quantitative estimate of drug-likeness (QED) is 0.772. The molecule has 1 saturated carbocycles. The Balaban J connectivity index is 1.50. The van der Waals surface area contributed by atoms with Gasteiger partial charge in [-0.2, -0.15) is 0 Å². The van der Waals surface area contributed by atoms with Crippen LogP contribution in [-0.4, -0.2) is 5.91 Å². The molecule has 2 nitrogen and oxygen atoms in total. The number of halogens is 2. The third-order valence-electron chi connectivity index (χ3n) is 5.04. The van der Waals surface area contributed by atoms with Crippen LogP contribution in [0.25, 0.3) is 0 Å². The van der Waals surface area contributed by atoms with Crippen molar-refractivity contribution in [3.05, 3.63) is 65.2 Å². The summed E-state index contributed by atoms with van der Waals surface area (Å²) in [6.45, 7) is 1.89. The molecule has 4 heteroatoms. The molecule has 0 heterocycles. The lowest BCUT2D eigenvalue weighted by Crippen LogP contribution is -2.21. The number of benzene rings is 2. The normalized spacial score (nSPS) is 20.3. The van der Waals surface area contributed by atoms with Crippen molar-refractivity contribution in [3.8, 4) is 0 Å². The molecular weight excluding hydrogens is 320 g/mol. The molecule has 1 amide bonds. The maximum Gasteiger partial charge on any atom is 0.224 e. The van der Waals surface area contributed by atoms with Crippen LogP contribution in [0, 0.1) is 24.5 Å². The van der Waals surface area contributed by atoms with Gasteiger partial charge in [-0.05, 0) is 85.9 Å². The van der Waals surface area contributed by atoms with Gasteiger partial charge in [-0.3, -0.25) is 4.79 Å². The molecule has 1 aliphatic rings. The molecule has 0 atom stereocenters. The van der Waals surface area contributed by atoms with Gasteiger partial charge in [-0.1, -0.05) is 12.1 Å². The highest BCUT2D eigenvalue weighted by Crippen LogP contribution is 2.38. The van der Waals surface area contributed by atoms with Gasteiger partial charge in [0.05, 0.1) is 0 Å². The zero-order chi connectivity index (χ0) is 17.8. The molecule has 0 radical (unpaired) electrons. The fourth-order valence-electron chi connectivity index (χ4n) is 3.65. The van der Waals surface area contributed by atoms with Crippen LogP contribution in [0.15, 0.2) is 42.5 Å². The largest absolute Gasteiger partial charge is 0.326 e. The predicted molar refractivity (Wildman–Crippen MR) is 95.5 cm³/mol. The lowest BCUT2D eigenvalue weighted by atomic mass is 9.77. The van der Waals surface area contributed by atoms with Gasteiger partial charge in [-0.25, -0.2) is 8.78 Å². The van der Waals surface area contributed by atoms with Crippen molar-refractivity contribution >= 4 is 11.6 Å². The molecule has 1 N–H and O–H groups in total. The van der Waals surface area contributed by atoms with Crippen molar-refractivity contribution in [1.29, 1.82) is 0 Å². The van der Waals surface area contributed by atoms with E-state index in [-0.39, 0.29) is 23.5 Å². The second-order valence-corrected chi connectivity index (χ2v) is 7.00. The van der Waals surface area contributed by atoms with Crippen molar-refractivity contribution in [2.45, 2.75) is 44.9 Å². The van der Waals surface area contributed by atoms with Crippen LogP contribution < -0.4 is 5.32 Å². The van der Waals surface area contributed by atoms with Gasteiger partial charge in [0.25, 0.3) is 0 Å². The molecule has 2 aromatic rings. The van der Waals surface area contributed by atoms with Crippen molar-refractivity contribution in [1.82, 2.24) is 0 Å². The van der Waals surface area contributed by atoms with E-state index in [1.165, 1.54) is 12.1 Å². The van der Waals surface area contributed by atoms with Gasteiger partial charge in [0.2, 0.25) is 5.91 Å². The number of anilines is 1. The van der Waals surface area contributed by atoms with Crippen molar-refractivity contribution in [2.24, 2.45) is 5.92 Å². The first kappa shape index (κ1) is 17.6. The standard InChI is InChI=1S/C21H23F2NO/c1-14-2-11-19(20(23)12-14)16-5-3-15(4-6-16)13-21(25)24-18-9-7-17(22)8-10-18/h2,7-12,15-16H,3-6,13H2,1H3,(H,24,25). The van der Waals surface area contributed by atoms with E-state index in [9.17, 15) is 13.6 Å². The van der Waals surface area contributed by atoms with Crippen LogP contribution >= 0.6 is 0 Å². The molecule has 0 unspecified atom stereocenters. The third kappa shape index (κ3) is 4.65. The Morgan fingerprint density at radius 1 is 1.04 bits per heavy atom. The van der Waals surface area contributed by atoms with Crippen molar-refractivity contribution in [3.63, 3.8) is 0 Å². The molecule has 0 aromatic heterocycles. The maximum absolute atomic E-state index is 14.1. The Labute approximate surface area is 147 Å². The molecule has 132 valence electrons. The van der Waals surface area contributed by atoms with E-state index < -0.39 is 0 Å². The smallest absolute Gasteiger partial charge is 0.224 e. The number of rotatable bonds is 4. The number of carbonyl (C=O) groups excluding carboxylic acids is 1. The summed E-state index contributed by atoms with van der Waals surface area (Å²) in [7, 11) is 0. The third-order valence-corrected chi connectivity index (χ3v) is 5.04. The van der Waals surface area contributed by atoms with Crippen molar-refractivity contribution < 1.29 is 13.6 Å². The zero-order valence-electron chi connectivity index (χ0n) is 14.4. The van der Waals surface area contributed by atoms with Gasteiger partial charge in [0.1, 0.15) is 11.6 Å². The first-order valence-corrected chi connectivity index (χ1v) is 8.82. The number of amides is 1. The minimum absolute atomic E-state index is 0.0448. The fraction of sp³-hybridized carbons (Fsp3) is 0.381. The molecule has 1 fully saturated rings. The summed E-state index contributed by atoms with van der Waals surface area (Å²) in [4.78, 5) is 12.1. The molecule has 3 rings (SSSR count). The van der Waals surface area contributed by atoms with Gasteiger partial charge in [-0.15, -0.1) is 0 Å². The van der Waals surface area contributed by atoms with E-state index in [2.05, 4.69) is 5.32 Å². The molecule has 25 heavy (non-hydrogen) atoms. The monoisotopic (exact) mass is 343 g/mol. The Morgan fingerprint density at radius 3 is 2.36 bits per heavy atom. The first-order chi connectivity index (χ1) is 12.0. The van der Waals surface area contributed by atoms with Gasteiger partial charge >= 0.3 is 0 Å². The highest BCUT2D eigenvalue weighted by Gasteiger charge is 2.25. The Morgan fingerprint density at radius 2 is 1.72 bits per heavy atom. The van der Waals surface area contributed by atoms with Gasteiger partial charge in [0, 0.05) is 12.1 Å². The zero-order valence-corrected chi connectivity index (χ0v) is 14.4. The topological polar surface area (TPSA) is 29.1 Å². The van der Waals surface area contributed by atoms with Crippen LogP contribution in [-0.2, 0) is 4.79 Å². The number of aryl methyl sites for hydroxylation is 1. The molecular formula is C21H23F2NO. The minimum atomic E-state index is -0.320. The van der Waals surface area contributed by atoms with Crippen LogP contribution in [0.3, 0.4) is 0 Å². The summed E-state index contributed by atoms with van der Waals surface area (Å²) in [5.74, 6) is 0.0935. The van der Waals surface area contributed by atoms with Gasteiger partial charge in [0.15, 0.2) is 0 Å². The molecule has 2 aromatic carbocycles. The number of carbonyl (C=O) groups is 1. The average Bonchev–Trinajstić information content (AvgIpc) is 2.58. The second kappa shape index (κ2) is 7.77. The van der Waals surface area contributed by atoms with Crippen LogP contribution in [0.4, 0.5) is 14.5 Å². The summed E-state index contributed by atoms with van der Waals surface area (Å²) < 4.78 is 27.0. The minimum Gasteiger partial charge on any atom is -0.326 e. The average molecular weight is 343 g/mol. The summed E-state index contributed by atoms with van der Waals surface area (Å²) in [6.07, 6.45) is 4.13. The van der Waals surface area contributed by atoms with Crippen molar-refractivity contribution in [2.75, 3.05) is 5.32 Å². The maximum atomic E-state index is 14.1. The van der Waals surface area contributed by atoms with Crippen LogP contribution in [0.2, 0.25) is 0 Å². The number of hydrogen-bond acceptors (Lipinski definition) is 1. The Hall–Kier alpha value is -2.23. The molecule has 0 saturated heterocycles. The summed E-state index contributed by atoms with van der Waals surface area (Å²) in [6, 6.07) is 11.2. The lowest BCUT2D eigenvalue weighted by molar-refractivity contribution is -0.117. The van der Waals surface area contributed by atoms with E-state index in [4.69, 9.17) is 0 Å². The summed E-state index contributed by atoms with van der Waals surface area (Å²) >= 11 is 0. The highest BCUT2D eigenvalue weighted by molar-refractivity contribution is 5.90. The Kier molecular flexibility index (Phi) is 5.47. The van der Waals surface area contributed by atoms with Crippen LogP contribution in [0.1, 0.15) is 49.1 Å². The van der Waals surface area contributed by atoms with E-state index in [0.29, 0.717) is 18.0 Å². The number of nitrogens with one attached hydrogen (secondary N) is 1. The van der Waals surface area contributed by atoms with E-state index in [0.717, 1.165) is 36.8 Å². The molecule has 0 aliphatic heterocycles. The van der Waals surface area contributed by atoms with Gasteiger partial charge < -0.3 is 5.32 Å². The second-order valence-electron chi connectivity index (χ2n) is 7.00. The summed E-state index contributed by atoms with van der Waals surface area (Å²) in [5.41, 5.74) is 2.36. The highest BCUT2D eigenvalue weighted by atomic mass is 19.1. The molecule has 1 aliphatic carbocycles. The summed E-state index contributed by atoms with van der Waals surface area (Å²) in [5, 5.41) is 2.81. The van der Waals surface area contributed by atoms with E-state index >= 15 is 0 Å². The molecule has 0 spiro atoms. The van der Waals surface area contributed by atoms with E-state index in [1.54, 1.807) is 18.2 Å². The van der Waals surface area contributed by atoms with Crippen LogP contribution in [0.5, 0.6) is 0 Å². The SMILES string of the molecule is Cc1ccc(C2CCC(CC(=O)Nc3ccc(F)cc3)CC2)c(F)c1. The van der Waals surface area contributed by atoms with E-state index in [1.807, 2.05) is 19.1 Å². The molecule has 0 bridgehead atoms. The number of hydrogen-bond donors (Lipinski definition) is 1. The Bertz CT molecular complexity index is 734. The first-order valence-electron chi connectivity index (χ1n) is 8.82.